The van der Waals surface area contributed by atoms with Crippen LogP contribution >= 0.6 is 23.2 Å². The lowest BCUT2D eigenvalue weighted by Crippen LogP contribution is -2.42. The maximum atomic E-state index is 16.2. The molecule has 9 heteroatoms. The second-order valence-electron chi connectivity index (χ2n) is 12.5. The van der Waals surface area contributed by atoms with Crippen LogP contribution in [0.3, 0.4) is 0 Å². The van der Waals surface area contributed by atoms with E-state index in [0.29, 0.717) is 52.5 Å². The zero-order chi connectivity index (χ0) is 31.3. The van der Waals surface area contributed by atoms with Crippen molar-refractivity contribution in [1.29, 1.82) is 5.26 Å². The number of hydrogen-bond acceptors (Lipinski definition) is 4. The Hall–Kier alpha value is -3.60. The van der Waals surface area contributed by atoms with Gasteiger partial charge in [0.25, 0.3) is 5.91 Å². The van der Waals surface area contributed by atoms with Gasteiger partial charge in [-0.3, -0.25) is 9.59 Å². The highest BCUT2D eigenvalue weighted by molar-refractivity contribution is 6.34. The number of benzene rings is 3. The first-order valence-corrected chi connectivity index (χ1v) is 15.1. The van der Waals surface area contributed by atoms with Gasteiger partial charge >= 0.3 is 0 Å². The number of hydrogen-bond donors (Lipinski definition) is 2. The summed E-state index contributed by atoms with van der Waals surface area (Å²) < 4.78 is 21.8. The number of nitrogens with zero attached hydrogens (tertiary/aromatic N) is 1. The maximum absolute atomic E-state index is 16.2. The third-order valence-electron chi connectivity index (χ3n) is 8.67. The highest BCUT2D eigenvalue weighted by Gasteiger charge is 2.63. The van der Waals surface area contributed by atoms with Gasteiger partial charge in [0.05, 0.1) is 29.3 Å². The summed E-state index contributed by atoms with van der Waals surface area (Å²) in [6, 6.07) is 16.0. The molecule has 2 N–H and O–H groups in total. The molecule has 6 nitrogen and oxygen atoms in total. The Kier molecular flexibility index (Phi) is 8.24. The molecule has 0 aromatic heterocycles. The molecular formula is C34H34Cl2FN3O3. The molecule has 0 spiro atoms. The summed E-state index contributed by atoms with van der Waals surface area (Å²) >= 11 is 13.1. The number of halogens is 3. The van der Waals surface area contributed by atoms with Gasteiger partial charge in [-0.25, -0.2) is 4.39 Å². The number of rotatable bonds is 6. The van der Waals surface area contributed by atoms with E-state index in [1.54, 1.807) is 36.4 Å². The molecule has 1 saturated carbocycles. The van der Waals surface area contributed by atoms with Crippen LogP contribution in [0.25, 0.3) is 11.1 Å². The van der Waals surface area contributed by atoms with E-state index in [0.717, 1.165) is 5.56 Å². The minimum atomic E-state index is -1.37. The molecule has 0 unspecified atom stereocenters. The van der Waals surface area contributed by atoms with Gasteiger partial charge in [-0.2, -0.15) is 5.26 Å². The van der Waals surface area contributed by atoms with Crippen molar-refractivity contribution in [3.8, 4) is 22.9 Å². The lowest BCUT2D eigenvalue weighted by atomic mass is 9.57. The molecule has 43 heavy (non-hydrogen) atoms. The van der Waals surface area contributed by atoms with E-state index in [2.05, 4.69) is 37.5 Å². The summed E-state index contributed by atoms with van der Waals surface area (Å²) in [5.74, 6) is -2.68. The highest BCUT2D eigenvalue weighted by Crippen LogP contribution is 2.66. The van der Waals surface area contributed by atoms with Crippen LogP contribution in [-0.4, -0.2) is 25.5 Å². The van der Waals surface area contributed by atoms with Crippen molar-refractivity contribution in [3.63, 3.8) is 0 Å². The Bertz CT molecular complexity index is 1660. The molecule has 224 valence electrons. The first-order valence-electron chi connectivity index (χ1n) is 14.3. The van der Waals surface area contributed by atoms with Crippen molar-refractivity contribution >= 4 is 40.7 Å². The summed E-state index contributed by atoms with van der Waals surface area (Å²) in [5, 5.41) is 17.2. The standard InChI is InChI=1S/C34H34Cl2FN3O3/c1-6-39-31(41)18-10-13-25(26(14-18)43-5)40-32(42)22-15-19(16-33(2,3)4)34(17-38)28(22)20-8-7-9-23(35)27(20)21-11-12-24(36)30(37)29(21)34/h7-14,19,22,28H,6,15-16H2,1-5H3,(H,39,41)(H,40,42)/t19-,22+,28-,34-/m0/s1. The van der Waals surface area contributed by atoms with Crippen LogP contribution in [0, 0.1) is 34.4 Å². The lowest BCUT2D eigenvalue weighted by Gasteiger charge is -2.43. The van der Waals surface area contributed by atoms with Crippen molar-refractivity contribution in [2.75, 3.05) is 19.0 Å². The van der Waals surface area contributed by atoms with Gasteiger partial charge in [-0.15, -0.1) is 0 Å². The first-order chi connectivity index (χ1) is 20.4. The quantitative estimate of drug-likeness (QED) is 0.291. The molecule has 5 rings (SSSR count). The average Bonchev–Trinajstić information content (AvgIpc) is 3.28. The molecule has 0 heterocycles. The van der Waals surface area contributed by atoms with Crippen molar-refractivity contribution < 1.29 is 18.7 Å². The van der Waals surface area contributed by atoms with E-state index in [1.807, 2.05) is 13.0 Å². The van der Waals surface area contributed by atoms with Crippen LogP contribution in [0.5, 0.6) is 5.75 Å². The summed E-state index contributed by atoms with van der Waals surface area (Å²) in [6.07, 6.45) is 0.921. The molecule has 2 aliphatic carbocycles. The second-order valence-corrected chi connectivity index (χ2v) is 13.3. The minimum absolute atomic E-state index is 0.0815. The van der Waals surface area contributed by atoms with Gasteiger partial charge in [-0.1, -0.05) is 62.2 Å². The lowest BCUT2D eigenvalue weighted by molar-refractivity contribution is -0.120. The molecule has 3 aromatic carbocycles. The molecule has 0 saturated heterocycles. The summed E-state index contributed by atoms with van der Waals surface area (Å²) in [6.45, 7) is 8.52. The van der Waals surface area contributed by atoms with Crippen LogP contribution in [0.1, 0.15) is 67.9 Å². The number of ether oxygens (including phenoxy) is 1. The van der Waals surface area contributed by atoms with Gasteiger partial charge in [-0.05, 0) is 72.6 Å². The Morgan fingerprint density at radius 3 is 2.53 bits per heavy atom. The Morgan fingerprint density at radius 1 is 1.14 bits per heavy atom. The molecule has 0 radical (unpaired) electrons. The molecule has 0 bridgehead atoms. The fourth-order valence-corrected chi connectivity index (χ4v) is 7.59. The summed E-state index contributed by atoms with van der Waals surface area (Å²) in [5.41, 5.74) is 1.28. The largest absolute Gasteiger partial charge is 0.495 e. The van der Waals surface area contributed by atoms with Crippen molar-refractivity contribution in [2.24, 2.45) is 17.3 Å². The first kappa shape index (κ1) is 30.8. The summed E-state index contributed by atoms with van der Waals surface area (Å²) in [7, 11) is 1.46. The number of nitrogens with one attached hydrogen (secondary N) is 2. The molecule has 0 aliphatic heterocycles. The van der Waals surface area contributed by atoms with E-state index >= 15 is 4.39 Å². The number of nitriles is 1. The molecule has 3 aromatic rings. The van der Waals surface area contributed by atoms with E-state index < -0.39 is 23.1 Å². The van der Waals surface area contributed by atoms with Crippen molar-refractivity contribution in [2.45, 2.75) is 51.9 Å². The minimum Gasteiger partial charge on any atom is -0.495 e. The third kappa shape index (κ3) is 5.15. The van der Waals surface area contributed by atoms with E-state index in [-0.39, 0.29) is 33.7 Å². The second kappa shape index (κ2) is 11.5. The predicted molar refractivity (Wildman–Crippen MR) is 167 cm³/mol. The van der Waals surface area contributed by atoms with Crippen molar-refractivity contribution in [1.82, 2.24) is 5.32 Å². The molecular weight excluding hydrogens is 588 g/mol. The van der Waals surface area contributed by atoms with Gasteiger partial charge in [0.1, 0.15) is 11.6 Å². The topological polar surface area (TPSA) is 91.2 Å². The van der Waals surface area contributed by atoms with Crippen LogP contribution in [-0.2, 0) is 10.2 Å². The maximum Gasteiger partial charge on any atom is 0.251 e. The Balaban J connectivity index is 1.67. The van der Waals surface area contributed by atoms with Crippen molar-refractivity contribution in [3.05, 3.63) is 81.1 Å². The van der Waals surface area contributed by atoms with Crippen LogP contribution < -0.4 is 15.4 Å². The predicted octanol–water partition coefficient (Wildman–Crippen LogP) is 8.13. The molecule has 1 fully saturated rings. The number of carbonyl (C=O) groups is 2. The molecule has 2 aliphatic rings. The molecule has 2 amide bonds. The number of anilines is 1. The third-order valence-corrected chi connectivity index (χ3v) is 9.28. The van der Waals surface area contributed by atoms with E-state index in [9.17, 15) is 14.9 Å². The fourth-order valence-electron chi connectivity index (χ4n) is 7.15. The average molecular weight is 623 g/mol. The Labute approximate surface area is 261 Å². The normalized spacial score (nSPS) is 22.1. The highest BCUT2D eigenvalue weighted by atomic mass is 35.5. The van der Waals surface area contributed by atoms with Gasteiger partial charge in [0, 0.05) is 40.1 Å². The van der Waals surface area contributed by atoms with E-state index in [4.69, 9.17) is 27.9 Å². The monoisotopic (exact) mass is 621 g/mol. The SMILES string of the molecule is CCNC(=O)c1ccc(NC(=O)[C@@H]2C[C@@H](CC(C)(C)C)[C@]3(C#N)c4c(ccc(Cl)c4F)-c4c(Cl)cccc4[C@@H]23)c(OC)c1. The smallest absolute Gasteiger partial charge is 0.251 e. The van der Waals surface area contributed by atoms with E-state index in [1.165, 1.54) is 13.2 Å². The number of methoxy groups -OCH3 is 1. The molecule has 4 atom stereocenters. The van der Waals surface area contributed by atoms with Crippen LogP contribution in [0.2, 0.25) is 10.0 Å². The number of amides is 2. The van der Waals surface area contributed by atoms with Gasteiger partial charge in [0.15, 0.2) is 0 Å². The zero-order valence-electron chi connectivity index (χ0n) is 24.8. The zero-order valence-corrected chi connectivity index (χ0v) is 26.3. The number of carbonyl (C=O) groups excluding carboxylic acids is 2. The Morgan fingerprint density at radius 2 is 1.88 bits per heavy atom. The van der Waals surface area contributed by atoms with Crippen LogP contribution in [0.4, 0.5) is 10.1 Å². The van der Waals surface area contributed by atoms with Crippen LogP contribution in [0.15, 0.2) is 48.5 Å². The van der Waals surface area contributed by atoms with Gasteiger partial charge < -0.3 is 15.4 Å². The number of fused-ring (bicyclic) bond motifs is 6. The van der Waals surface area contributed by atoms with Gasteiger partial charge in [0.2, 0.25) is 5.91 Å². The summed E-state index contributed by atoms with van der Waals surface area (Å²) in [4.78, 5) is 26.7. The fraction of sp³-hybridized carbons (Fsp3) is 0.382.